The molecule has 0 saturated carbocycles. The van der Waals surface area contributed by atoms with Gasteiger partial charge in [-0.2, -0.15) is 0 Å². The molecular formula is C75H51N3. The number of anilines is 6. The van der Waals surface area contributed by atoms with E-state index in [2.05, 4.69) is 210 Å². The van der Waals surface area contributed by atoms with Gasteiger partial charge < -0.3 is 14.4 Å². The Bertz CT molecular complexity index is 4740. The van der Waals surface area contributed by atoms with Gasteiger partial charge in [0.15, 0.2) is 0 Å². The van der Waals surface area contributed by atoms with Gasteiger partial charge in [-0.1, -0.05) is 224 Å². The highest BCUT2D eigenvalue weighted by Gasteiger charge is 2.46. The molecule has 1 aromatic heterocycles. The second kappa shape index (κ2) is 18.6. The SMILES string of the molecule is [2H]c1c([2H])c(N(c2ccccc2)c2ccc3ccccc3c2)c([2H])c([2H])c1-c1cccc2c(N(c3ccc4c(c3)C(c3ccccc3)(c3ccccc3)c3ccccc3-4)c3ccc4c5ccccc5n(-c5ccccc5)c4c3)cccc12. The average molecular weight is 998 g/mol. The summed E-state index contributed by atoms with van der Waals surface area (Å²) in [5, 5.41) is 6.04. The first-order chi connectivity index (χ1) is 40.4. The number of aromatic nitrogens is 1. The van der Waals surface area contributed by atoms with Crippen molar-refractivity contribution >= 4 is 77.5 Å². The molecule has 0 N–H and O–H groups in total. The maximum Gasteiger partial charge on any atom is 0.0714 e. The van der Waals surface area contributed by atoms with Gasteiger partial charge in [0.2, 0.25) is 0 Å². The van der Waals surface area contributed by atoms with E-state index in [1.165, 1.54) is 33.4 Å². The monoisotopic (exact) mass is 997 g/mol. The summed E-state index contributed by atoms with van der Waals surface area (Å²) in [6.07, 6.45) is 0. The molecule has 15 rings (SSSR count). The van der Waals surface area contributed by atoms with Gasteiger partial charge >= 0.3 is 0 Å². The Labute approximate surface area is 460 Å². The smallest absolute Gasteiger partial charge is 0.0714 e. The van der Waals surface area contributed by atoms with Gasteiger partial charge in [-0.05, 0) is 146 Å². The van der Waals surface area contributed by atoms with E-state index < -0.39 is 5.41 Å². The molecule has 3 heteroatoms. The summed E-state index contributed by atoms with van der Waals surface area (Å²) in [7, 11) is 0. The molecule has 0 unspecified atom stereocenters. The molecule has 14 aromatic rings. The molecule has 3 nitrogen and oxygen atoms in total. The molecule has 0 saturated heterocycles. The van der Waals surface area contributed by atoms with Crippen molar-refractivity contribution < 1.29 is 5.48 Å². The average Bonchev–Trinajstić information content (AvgIpc) is 3.30. The van der Waals surface area contributed by atoms with E-state index in [1.807, 2.05) is 89.8 Å². The van der Waals surface area contributed by atoms with Crippen LogP contribution in [-0.2, 0) is 5.41 Å². The fraction of sp³-hybridized carbons (Fsp3) is 0.0133. The standard InChI is InChI=1S/C75H51N3/c1-5-23-55(24-6-1)75(56-25-7-2-8-26-56)70-36-17-15-31-65(70)66-47-45-61(50-71(66)75)77(62-46-48-69-68-32-16-18-37-73(68)78(74(69)51-62)58-29-11-4-12-30-58)72-38-20-34-64-63(33-19-35-67(64)72)53-40-42-59(43-41-53)76(57-27-9-3-10-28-57)60-44-39-52-21-13-14-22-54(52)49-60/h1-51H/i40D,41D,42D,43D. The first kappa shape index (κ1) is 41.1. The second-order valence-corrected chi connectivity index (χ2v) is 20.1. The minimum Gasteiger partial charge on any atom is -0.310 e. The lowest BCUT2D eigenvalue weighted by atomic mass is 9.67. The maximum absolute atomic E-state index is 9.93. The van der Waals surface area contributed by atoms with Crippen molar-refractivity contribution in [2.75, 3.05) is 9.80 Å². The van der Waals surface area contributed by atoms with Gasteiger partial charge in [0.25, 0.3) is 0 Å². The summed E-state index contributed by atoms with van der Waals surface area (Å²) in [6.45, 7) is 0. The predicted molar refractivity (Wildman–Crippen MR) is 328 cm³/mol. The van der Waals surface area contributed by atoms with E-state index >= 15 is 0 Å². The van der Waals surface area contributed by atoms with Gasteiger partial charge in [-0.15, -0.1) is 0 Å². The molecule has 13 aromatic carbocycles. The molecule has 1 aliphatic rings. The first-order valence-corrected chi connectivity index (χ1v) is 26.6. The lowest BCUT2D eigenvalue weighted by molar-refractivity contribution is 0.768. The van der Waals surface area contributed by atoms with E-state index in [1.54, 1.807) is 0 Å². The highest BCUT2D eigenvalue weighted by molar-refractivity contribution is 6.12. The van der Waals surface area contributed by atoms with E-state index in [0.717, 1.165) is 77.5 Å². The van der Waals surface area contributed by atoms with Crippen LogP contribution in [0.2, 0.25) is 0 Å². The number of rotatable bonds is 10. The van der Waals surface area contributed by atoms with Crippen LogP contribution in [0.5, 0.6) is 0 Å². The Balaban J connectivity index is 0.971. The van der Waals surface area contributed by atoms with Crippen LogP contribution in [-0.4, -0.2) is 4.57 Å². The number of para-hydroxylation sites is 3. The fourth-order valence-electron chi connectivity index (χ4n) is 12.5. The predicted octanol–water partition coefficient (Wildman–Crippen LogP) is 20.1. The molecule has 1 aliphatic carbocycles. The molecule has 1 heterocycles. The van der Waals surface area contributed by atoms with Crippen LogP contribution < -0.4 is 9.80 Å². The molecule has 0 spiro atoms. The van der Waals surface area contributed by atoms with Crippen LogP contribution in [0.15, 0.2) is 309 Å². The maximum atomic E-state index is 9.93. The van der Waals surface area contributed by atoms with Crippen LogP contribution in [0.25, 0.3) is 71.3 Å². The topological polar surface area (TPSA) is 11.4 Å². The van der Waals surface area contributed by atoms with Crippen molar-refractivity contribution in [3.05, 3.63) is 332 Å². The molecular weight excluding hydrogens is 943 g/mol. The summed E-state index contributed by atoms with van der Waals surface area (Å²) in [6, 6.07) is 99.1. The van der Waals surface area contributed by atoms with E-state index in [9.17, 15) is 5.48 Å². The van der Waals surface area contributed by atoms with Crippen molar-refractivity contribution in [3.63, 3.8) is 0 Å². The lowest BCUT2D eigenvalue weighted by Gasteiger charge is -2.35. The highest BCUT2D eigenvalue weighted by Crippen LogP contribution is 2.57. The largest absolute Gasteiger partial charge is 0.310 e. The number of hydrogen-bond acceptors (Lipinski definition) is 2. The molecule has 0 aliphatic heterocycles. The van der Waals surface area contributed by atoms with Crippen LogP contribution >= 0.6 is 0 Å². The summed E-state index contributed by atoms with van der Waals surface area (Å²) >= 11 is 0. The summed E-state index contributed by atoms with van der Waals surface area (Å²) < 4.78 is 42.0. The lowest BCUT2D eigenvalue weighted by Crippen LogP contribution is -2.28. The third kappa shape index (κ3) is 7.20. The fourth-order valence-corrected chi connectivity index (χ4v) is 12.5. The summed E-state index contributed by atoms with van der Waals surface area (Å²) in [5.41, 5.74) is 15.0. The van der Waals surface area contributed by atoms with E-state index in [0.29, 0.717) is 5.56 Å². The number of hydrogen-bond donors (Lipinski definition) is 0. The van der Waals surface area contributed by atoms with Crippen molar-refractivity contribution in [2.45, 2.75) is 5.41 Å². The Morgan fingerprint density at radius 1 is 0.308 bits per heavy atom. The highest BCUT2D eigenvalue weighted by atomic mass is 15.2. The minimum atomic E-state index is -0.653. The van der Waals surface area contributed by atoms with Crippen molar-refractivity contribution in [2.24, 2.45) is 0 Å². The van der Waals surface area contributed by atoms with Crippen molar-refractivity contribution in [1.29, 1.82) is 0 Å². The van der Waals surface area contributed by atoms with Gasteiger partial charge in [-0.25, -0.2) is 0 Å². The Hall–Kier alpha value is -10.2. The van der Waals surface area contributed by atoms with Gasteiger partial charge in [0.1, 0.15) is 0 Å². The normalized spacial score (nSPS) is 13.2. The minimum absolute atomic E-state index is 0.122. The molecule has 0 radical (unpaired) electrons. The van der Waals surface area contributed by atoms with Crippen LogP contribution in [0, 0.1) is 0 Å². The first-order valence-electron chi connectivity index (χ1n) is 28.6. The zero-order chi connectivity index (χ0) is 55.1. The molecule has 0 bridgehead atoms. The van der Waals surface area contributed by atoms with Crippen molar-refractivity contribution in [1.82, 2.24) is 4.57 Å². The van der Waals surface area contributed by atoms with Gasteiger partial charge in [-0.3, -0.25) is 0 Å². The third-order valence-corrected chi connectivity index (χ3v) is 15.9. The van der Waals surface area contributed by atoms with Crippen LogP contribution in [0.3, 0.4) is 0 Å². The van der Waals surface area contributed by atoms with Gasteiger partial charge in [0, 0.05) is 50.3 Å². The zero-order valence-electron chi connectivity index (χ0n) is 46.5. The molecule has 366 valence electrons. The number of benzene rings is 13. The quantitative estimate of drug-likeness (QED) is 0.135. The van der Waals surface area contributed by atoms with Gasteiger partial charge in [0.05, 0.1) is 27.6 Å². The Morgan fingerprint density at radius 2 is 0.859 bits per heavy atom. The van der Waals surface area contributed by atoms with E-state index in [4.69, 9.17) is 0 Å². The zero-order valence-corrected chi connectivity index (χ0v) is 42.5. The number of nitrogens with zero attached hydrogens (tertiary/aromatic N) is 3. The van der Waals surface area contributed by atoms with Crippen LogP contribution in [0.4, 0.5) is 34.1 Å². The molecule has 78 heavy (non-hydrogen) atoms. The second-order valence-electron chi connectivity index (χ2n) is 20.1. The molecule has 0 atom stereocenters. The molecule has 0 amide bonds. The van der Waals surface area contributed by atoms with E-state index in [-0.39, 0.29) is 35.4 Å². The summed E-state index contributed by atoms with van der Waals surface area (Å²) in [5.74, 6) is 0. The Kier molecular flexibility index (Phi) is 9.77. The molecule has 0 fully saturated rings. The van der Waals surface area contributed by atoms with Crippen LogP contribution in [0.1, 0.15) is 27.7 Å². The number of fused-ring (bicyclic) bond motifs is 8. The van der Waals surface area contributed by atoms with Crippen molar-refractivity contribution in [3.8, 4) is 27.9 Å². The Morgan fingerprint density at radius 3 is 1.64 bits per heavy atom. The third-order valence-electron chi connectivity index (χ3n) is 15.9. The summed E-state index contributed by atoms with van der Waals surface area (Å²) in [4.78, 5) is 4.21.